The van der Waals surface area contributed by atoms with E-state index in [1.807, 2.05) is 0 Å². The van der Waals surface area contributed by atoms with E-state index in [1.54, 1.807) is 0 Å². The minimum Gasteiger partial charge on any atom is -0.385 e. The minimum absolute atomic E-state index is 0.445. The summed E-state index contributed by atoms with van der Waals surface area (Å²) in [7, 11) is 0. The highest BCUT2D eigenvalue weighted by Crippen LogP contribution is 2.29. The number of nitrogens with one attached hydrogen (secondary N) is 1. The van der Waals surface area contributed by atoms with Gasteiger partial charge in [0.1, 0.15) is 0 Å². The lowest BCUT2D eigenvalue weighted by Crippen LogP contribution is -2.24. The van der Waals surface area contributed by atoms with Crippen LogP contribution in [-0.4, -0.2) is 19.8 Å². The van der Waals surface area contributed by atoms with Crippen LogP contribution in [0.3, 0.4) is 0 Å². The average Bonchev–Trinajstić information content (AvgIpc) is 2.37. The van der Waals surface area contributed by atoms with Crippen LogP contribution in [0.25, 0.3) is 0 Å². The third-order valence-corrected chi connectivity index (χ3v) is 3.06. The number of hydrogen-bond donors (Lipinski definition) is 1. The van der Waals surface area contributed by atoms with Gasteiger partial charge in [-0.2, -0.15) is 13.2 Å². The first-order valence-corrected chi connectivity index (χ1v) is 6.04. The van der Waals surface area contributed by atoms with Gasteiger partial charge in [0, 0.05) is 18.8 Å². The molecule has 1 atom stereocenters. The lowest BCUT2D eigenvalue weighted by molar-refractivity contribution is -0.137. The first-order chi connectivity index (χ1) is 8.55. The monoisotopic (exact) mass is 259 g/mol. The van der Waals surface area contributed by atoms with E-state index in [0.29, 0.717) is 11.6 Å². The zero-order valence-corrected chi connectivity index (χ0v) is 9.96. The van der Waals surface area contributed by atoms with Crippen LogP contribution in [0.15, 0.2) is 24.3 Å². The summed E-state index contributed by atoms with van der Waals surface area (Å²) in [5.41, 5.74) is 0.0997. The molecule has 0 bridgehead atoms. The minimum atomic E-state index is -4.27. The maximum absolute atomic E-state index is 12.4. The van der Waals surface area contributed by atoms with Crippen LogP contribution in [0.1, 0.15) is 18.4 Å². The fraction of sp³-hybridized carbons (Fsp3) is 0.538. The number of ether oxygens (including phenoxy) is 1. The van der Waals surface area contributed by atoms with Crippen molar-refractivity contribution in [3.8, 4) is 0 Å². The summed E-state index contributed by atoms with van der Waals surface area (Å²) in [6, 6.07) is 5.12. The topological polar surface area (TPSA) is 21.3 Å². The summed E-state index contributed by atoms with van der Waals surface area (Å²) in [6.45, 7) is 2.29. The zero-order chi connectivity index (χ0) is 13.0. The summed E-state index contributed by atoms with van der Waals surface area (Å²) in [6.07, 6.45) is -2.11. The smallest absolute Gasteiger partial charge is 0.385 e. The van der Waals surface area contributed by atoms with Crippen LogP contribution in [0.2, 0.25) is 0 Å². The molecule has 0 aliphatic carbocycles. The first kappa shape index (κ1) is 13.2. The van der Waals surface area contributed by atoms with Crippen molar-refractivity contribution in [3.05, 3.63) is 29.8 Å². The molecule has 1 aliphatic rings. The SMILES string of the molecule is FC(F)(F)c1ccc(NCC2CCCOC2)cc1. The Bertz CT molecular complexity index is 369. The van der Waals surface area contributed by atoms with E-state index in [0.717, 1.165) is 44.7 Å². The molecule has 0 spiro atoms. The van der Waals surface area contributed by atoms with E-state index < -0.39 is 11.7 Å². The molecule has 2 nitrogen and oxygen atoms in total. The van der Waals surface area contributed by atoms with Gasteiger partial charge in [-0.25, -0.2) is 0 Å². The molecule has 0 saturated carbocycles. The van der Waals surface area contributed by atoms with Crippen molar-refractivity contribution in [2.45, 2.75) is 19.0 Å². The standard InChI is InChI=1S/C13H16F3NO/c14-13(15,16)11-3-5-12(6-4-11)17-8-10-2-1-7-18-9-10/h3-6,10,17H,1-2,7-9H2. The molecule has 1 aromatic rings. The van der Waals surface area contributed by atoms with Crippen LogP contribution >= 0.6 is 0 Å². The van der Waals surface area contributed by atoms with Crippen molar-refractivity contribution in [1.29, 1.82) is 0 Å². The molecule has 1 heterocycles. The Morgan fingerprint density at radius 3 is 2.50 bits per heavy atom. The van der Waals surface area contributed by atoms with Crippen LogP contribution in [0.5, 0.6) is 0 Å². The van der Waals surface area contributed by atoms with Gasteiger partial charge in [0.15, 0.2) is 0 Å². The normalized spacial score (nSPS) is 20.7. The molecule has 0 amide bonds. The van der Waals surface area contributed by atoms with Crippen LogP contribution < -0.4 is 5.32 Å². The largest absolute Gasteiger partial charge is 0.416 e. The Balaban J connectivity index is 1.86. The van der Waals surface area contributed by atoms with Crippen molar-refractivity contribution >= 4 is 5.69 Å². The third-order valence-electron chi connectivity index (χ3n) is 3.06. The van der Waals surface area contributed by atoms with E-state index in [-0.39, 0.29) is 0 Å². The lowest BCUT2D eigenvalue weighted by Gasteiger charge is -2.22. The van der Waals surface area contributed by atoms with E-state index in [4.69, 9.17) is 4.74 Å². The molecule has 2 rings (SSSR count). The first-order valence-electron chi connectivity index (χ1n) is 6.04. The molecular weight excluding hydrogens is 243 g/mol. The maximum atomic E-state index is 12.4. The summed E-state index contributed by atoms with van der Waals surface area (Å²) in [5.74, 6) is 0.445. The molecule has 1 saturated heterocycles. The summed E-state index contributed by atoms with van der Waals surface area (Å²) < 4.78 is 42.4. The highest BCUT2D eigenvalue weighted by molar-refractivity contribution is 5.45. The molecule has 1 unspecified atom stereocenters. The number of hydrogen-bond acceptors (Lipinski definition) is 2. The van der Waals surface area contributed by atoms with E-state index >= 15 is 0 Å². The van der Waals surface area contributed by atoms with Gasteiger partial charge in [-0.1, -0.05) is 0 Å². The molecular formula is C13H16F3NO. The van der Waals surface area contributed by atoms with Crippen LogP contribution in [-0.2, 0) is 10.9 Å². The van der Waals surface area contributed by atoms with Gasteiger partial charge in [-0.05, 0) is 43.0 Å². The van der Waals surface area contributed by atoms with Crippen molar-refractivity contribution in [2.75, 3.05) is 25.1 Å². The molecule has 1 aromatic carbocycles. The second kappa shape index (κ2) is 5.61. The summed E-state index contributed by atoms with van der Waals surface area (Å²) in [4.78, 5) is 0. The van der Waals surface area contributed by atoms with Crippen molar-refractivity contribution in [2.24, 2.45) is 5.92 Å². The molecule has 0 radical (unpaired) electrons. The Morgan fingerprint density at radius 2 is 1.94 bits per heavy atom. The summed E-state index contributed by atoms with van der Waals surface area (Å²) in [5, 5.41) is 3.15. The highest BCUT2D eigenvalue weighted by atomic mass is 19.4. The molecule has 1 fully saturated rings. The lowest BCUT2D eigenvalue weighted by atomic mass is 10.0. The van der Waals surface area contributed by atoms with E-state index in [9.17, 15) is 13.2 Å². The van der Waals surface area contributed by atoms with Crippen LogP contribution in [0.4, 0.5) is 18.9 Å². The quantitative estimate of drug-likeness (QED) is 0.896. The predicted molar refractivity (Wildman–Crippen MR) is 63.5 cm³/mol. The van der Waals surface area contributed by atoms with Crippen LogP contribution in [0, 0.1) is 5.92 Å². The molecule has 5 heteroatoms. The van der Waals surface area contributed by atoms with Gasteiger partial charge in [0.2, 0.25) is 0 Å². The maximum Gasteiger partial charge on any atom is 0.416 e. The van der Waals surface area contributed by atoms with Gasteiger partial charge in [0.05, 0.1) is 12.2 Å². The highest BCUT2D eigenvalue weighted by Gasteiger charge is 2.29. The van der Waals surface area contributed by atoms with Crippen molar-refractivity contribution in [3.63, 3.8) is 0 Å². The molecule has 18 heavy (non-hydrogen) atoms. The molecule has 1 aliphatic heterocycles. The zero-order valence-electron chi connectivity index (χ0n) is 9.96. The second-order valence-corrected chi connectivity index (χ2v) is 4.54. The number of benzene rings is 1. The fourth-order valence-corrected chi connectivity index (χ4v) is 2.01. The van der Waals surface area contributed by atoms with Gasteiger partial charge in [0.25, 0.3) is 0 Å². The summed E-state index contributed by atoms with van der Waals surface area (Å²) >= 11 is 0. The number of rotatable bonds is 3. The second-order valence-electron chi connectivity index (χ2n) is 4.54. The number of anilines is 1. The third kappa shape index (κ3) is 3.63. The van der Waals surface area contributed by atoms with E-state index in [2.05, 4.69) is 5.32 Å². The fourth-order valence-electron chi connectivity index (χ4n) is 2.01. The Hall–Kier alpha value is -1.23. The van der Waals surface area contributed by atoms with Gasteiger partial charge < -0.3 is 10.1 Å². The molecule has 0 aromatic heterocycles. The number of halogens is 3. The van der Waals surface area contributed by atoms with Crippen molar-refractivity contribution in [1.82, 2.24) is 0 Å². The Kier molecular flexibility index (Phi) is 4.11. The van der Waals surface area contributed by atoms with Gasteiger partial charge >= 0.3 is 6.18 Å². The molecule has 100 valence electrons. The van der Waals surface area contributed by atoms with E-state index in [1.165, 1.54) is 12.1 Å². The number of alkyl halides is 3. The van der Waals surface area contributed by atoms with Gasteiger partial charge in [-0.3, -0.25) is 0 Å². The Morgan fingerprint density at radius 1 is 1.22 bits per heavy atom. The predicted octanol–water partition coefficient (Wildman–Crippen LogP) is 3.54. The molecule has 1 N–H and O–H groups in total. The van der Waals surface area contributed by atoms with Gasteiger partial charge in [-0.15, -0.1) is 0 Å². The average molecular weight is 259 g/mol. The Labute approximate surface area is 104 Å². The van der Waals surface area contributed by atoms with Crippen molar-refractivity contribution < 1.29 is 17.9 Å².